The van der Waals surface area contributed by atoms with Gasteiger partial charge in [0, 0.05) is 0 Å². The largest absolute Gasteiger partial charge is 0.465 e. The van der Waals surface area contributed by atoms with E-state index in [1.54, 1.807) is 0 Å². The van der Waals surface area contributed by atoms with E-state index in [0.717, 1.165) is 0 Å². The van der Waals surface area contributed by atoms with E-state index in [0.29, 0.717) is 0 Å². The Kier molecular flexibility index (Phi) is 5.64. The quantitative estimate of drug-likeness (QED) is 0.433. The van der Waals surface area contributed by atoms with Crippen LogP contribution < -0.4 is 0 Å². The number of hydrogen-bond acceptors (Lipinski definition) is 2. The van der Waals surface area contributed by atoms with E-state index in [-0.39, 0.29) is 8.97 Å². The van der Waals surface area contributed by atoms with Crippen molar-refractivity contribution < 1.29 is 9.53 Å². The van der Waals surface area contributed by atoms with Crippen LogP contribution in [0.2, 0.25) is 0 Å². The van der Waals surface area contributed by atoms with E-state index in [1.165, 1.54) is 19.3 Å². The lowest BCUT2D eigenvalue weighted by Gasteiger charge is -1.93. The number of carbonyl (C=O) groups is 1. The van der Waals surface area contributed by atoms with Crippen molar-refractivity contribution in [1.82, 2.24) is 0 Å². The Morgan fingerprint density at radius 1 is 1.45 bits per heavy atom. The Morgan fingerprint density at radius 2 is 2.00 bits per heavy atom. The number of ether oxygens (including phenoxy) is 1. The van der Waals surface area contributed by atoms with Gasteiger partial charge in [0.15, 0.2) is 0 Å². The summed E-state index contributed by atoms with van der Waals surface area (Å²) in [5.41, 5.74) is 0. The fourth-order valence-electron chi connectivity index (χ4n) is 0.302. The van der Waals surface area contributed by atoms with Crippen molar-refractivity contribution in [2.45, 2.75) is 0 Å². The van der Waals surface area contributed by atoms with Crippen molar-refractivity contribution in [2.24, 2.45) is 0 Å². The third-order valence-electron chi connectivity index (χ3n) is 0.736. The van der Waals surface area contributed by atoms with Crippen molar-refractivity contribution in [3.63, 3.8) is 0 Å². The third kappa shape index (κ3) is 5.30. The van der Waals surface area contributed by atoms with Gasteiger partial charge in [0.2, 0.25) is 0 Å². The second-order valence-electron chi connectivity index (χ2n) is 1.46. The molecule has 11 heavy (non-hydrogen) atoms. The third-order valence-corrected chi connectivity index (χ3v) is 1.58. The van der Waals surface area contributed by atoms with E-state index in [2.05, 4.69) is 20.7 Å². The van der Waals surface area contributed by atoms with Gasteiger partial charge in [-0.15, -0.1) is 0 Å². The van der Waals surface area contributed by atoms with Crippen LogP contribution >= 0.6 is 39.1 Å². The highest BCUT2D eigenvalue weighted by Crippen LogP contribution is 2.11. The smallest absolute Gasteiger partial charge is 0.344 e. The molecule has 0 radical (unpaired) electrons. The van der Waals surface area contributed by atoms with Crippen molar-refractivity contribution in [3.05, 3.63) is 21.1 Å². The molecule has 2 nitrogen and oxygen atoms in total. The van der Waals surface area contributed by atoms with Gasteiger partial charge in [-0.2, -0.15) is 0 Å². The SMILES string of the molecule is COC(=O)C(Br)=CC=C(Cl)Cl. The van der Waals surface area contributed by atoms with Crippen LogP contribution in [-0.4, -0.2) is 13.1 Å². The summed E-state index contributed by atoms with van der Waals surface area (Å²) in [4.78, 5) is 10.7. The first-order valence-corrected chi connectivity index (χ1v) is 4.09. The Balaban J connectivity index is 4.23. The first-order chi connectivity index (χ1) is 5.07. The highest BCUT2D eigenvalue weighted by atomic mass is 79.9. The maximum atomic E-state index is 10.7. The summed E-state index contributed by atoms with van der Waals surface area (Å²) in [6.07, 6.45) is 2.77. The number of esters is 1. The molecule has 0 amide bonds. The number of carbonyl (C=O) groups excluding carboxylic acids is 1. The van der Waals surface area contributed by atoms with Gasteiger partial charge >= 0.3 is 5.97 Å². The molecule has 0 aliphatic rings. The second kappa shape index (κ2) is 5.63. The fourth-order valence-corrected chi connectivity index (χ4v) is 0.722. The molecule has 0 aromatic heterocycles. The number of hydrogen-bond donors (Lipinski definition) is 0. The minimum absolute atomic E-state index is 0.0749. The summed E-state index contributed by atoms with van der Waals surface area (Å²) in [5.74, 6) is -0.476. The van der Waals surface area contributed by atoms with Gasteiger partial charge in [0.25, 0.3) is 0 Å². The molecule has 0 rings (SSSR count). The minimum atomic E-state index is -0.476. The van der Waals surface area contributed by atoms with Crippen LogP contribution in [0.15, 0.2) is 21.1 Å². The fraction of sp³-hybridized carbons (Fsp3) is 0.167. The zero-order valence-electron chi connectivity index (χ0n) is 5.61. The van der Waals surface area contributed by atoms with Crippen molar-refractivity contribution in [1.29, 1.82) is 0 Å². The molecule has 5 heteroatoms. The summed E-state index contributed by atoms with van der Waals surface area (Å²) >= 11 is 13.5. The van der Waals surface area contributed by atoms with E-state index in [1.807, 2.05) is 0 Å². The molecule has 0 heterocycles. The highest BCUT2D eigenvalue weighted by Gasteiger charge is 2.02. The number of methoxy groups -OCH3 is 1. The van der Waals surface area contributed by atoms with Crippen LogP contribution in [0.5, 0.6) is 0 Å². The van der Waals surface area contributed by atoms with E-state index < -0.39 is 5.97 Å². The summed E-state index contributed by atoms with van der Waals surface area (Å²) in [5, 5.41) is 0. The Bertz CT molecular complexity index is 207. The van der Waals surface area contributed by atoms with Crippen LogP contribution in [0.1, 0.15) is 0 Å². The molecule has 0 atom stereocenters. The molecule has 62 valence electrons. The Hall–Kier alpha value is 0.01000. The summed E-state index contributed by atoms with van der Waals surface area (Å²) < 4.78 is 4.71. The van der Waals surface area contributed by atoms with Crippen molar-refractivity contribution in [2.75, 3.05) is 7.11 Å². The number of rotatable bonds is 2. The molecule has 0 spiro atoms. The molecule has 0 aromatic rings. The molecule has 0 bridgehead atoms. The van der Waals surface area contributed by atoms with Crippen molar-refractivity contribution in [3.8, 4) is 0 Å². The Labute approximate surface area is 82.9 Å². The van der Waals surface area contributed by atoms with Gasteiger partial charge in [0.05, 0.1) is 7.11 Å². The number of halogens is 3. The lowest BCUT2D eigenvalue weighted by atomic mass is 10.5. The van der Waals surface area contributed by atoms with Gasteiger partial charge in [-0.05, 0) is 28.1 Å². The standard InChI is InChI=1S/C6H5BrCl2O2/c1-11-6(10)4(7)2-3-5(8)9/h2-3H,1H3. The molecule has 0 N–H and O–H groups in total. The van der Waals surface area contributed by atoms with E-state index >= 15 is 0 Å². The minimum Gasteiger partial charge on any atom is -0.465 e. The highest BCUT2D eigenvalue weighted by molar-refractivity contribution is 9.12. The van der Waals surface area contributed by atoms with Gasteiger partial charge in [-0.25, -0.2) is 4.79 Å². The van der Waals surface area contributed by atoms with Crippen LogP contribution in [0.3, 0.4) is 0 Å². The Morgan fingerprint density at radius 3 is 2.36 bits per heavy atom. The first kappa shape index (κ1) is 11.0. The average molecular weight is 260 g/mol. The molecule has 0 saturated carbocycles. The predicted molar refractivity (Wildman–Crippen MR) is 48.8 cm³/mol. The summed E-state index contributed by atoms with van der Waals surface area (Å²) in [6.45, 7) is 0. The zero-order chi connectivity index (χ0) is 8.85. The normalized spacial score (nSPS) is 10.7. The van der Waals surface area contributed by atoms with Crippen LogP contribution in [0.25, 0.3) is 0 Å². The van der Waals surface area contributed by atoms with Gasteiger partial charge in [-0.1, -0.05) is 23.2 Å². The topological polar surface area (TPSA) is 26.3 Å². The van der Waals surface area contributed by atoms with E-state index in [9.17, 15) is 4.79 Å². The first-order valence-electron chi connectivity index (χ1n) is 2.54. The van der Waals surface area contributed by atoms with Gasteiger partial charge in [0.1, 0.15) is 8.97 Å². The monoisotopic (exact) mass is 258 g/mol. The summed E-state index contributed by atoms with van der Waals surface area (Å²) in [7, 11) is 1.28. The maximum absolute atomic E-state index is 10.7. The average Bonchev–Trinajstić information content (AvgIpc) is 1.98. The second-order valence-corrected chi connectivity index (χ2v) is 3.32. The molecule has 0 fully saturated rings. The van der Waals surface area contributed by atoms with Gasteiger partial charge < -0.3 is 4.74 Å². The van der Waals surface area contributed by atoms with Gasteiger partial charge in [-0.3, -0.25) is 0 Å². The van der Waals surface area contributed by atoms with Crippen molar-refractivity contribution >= 4 is 45.1 Å². The molecule has 0 unspecified atom stereocenters. The number of allylic oxidation sites excluding steroid dienone is 2. The lowest BCUT2D eigenvalue weighted by Crippen LogP contribution is -1.98. The van der Waals surface area contributed by atoms with Crippen LogP contribution in [0, 0.1) is 0 Å². The molecule has 0 aliphatic carbocycles. The summed E-state index contributed by atoms with van der Waals surface area (Å²) in [6, 6.07) is 0. The molecule has 0 saturated heterocycles. The molecular weight excluding hydrogens is 255 g/mol. The maximum Gasteiger partial charge on any atom is 0.344 e. The zero-order valence-corrected chi connectivity index (χ0v) is 8.70. The molecule has 0 aromatic carbocycles. The lowest BCUT2D eigenvalue weighted by molar-refractivity contribution is -0.135. The van der Waals surface area contributed by atoms with E-state index in [4.69, 9.17) is 23.2 Å². The van der Waals surface area contributed by atoms with Crippen LogP contribution in [-0.2, 0) is 9.53 Å². The van der Waals surface area contributed by atoms with Crippen LogP contribution in [0.4, 0.5) is 0 Å². The predicted octanol–water partition coefficient (Wildman–Crippen LogP) is 2.76. The molecule has 0 aliphatic heterocycles. The molecular formula is C6H5BrCl2O2.